The van der Waals surface area contributed by atoms with E-state index in [0.29, 0.717) is 0 Å². The van der Waals surface area contributed by atoms with E-state index in [1.807, 2.05) is 0 Å². The largest absolute Gasteiger partial charge is 0.328 e. The van der Waals surface area contributed by atoms with Crippen molar-refractivity contribution < 1.29 is 8.42 Å². The van der Waals surface area contributed by atoms with Crippen molar-refractivity contribution in [2.75, 3.05) is 6.26 Å². The summed E-state index contributed by atoms with van der Waals surface area (Å²) in [6, 6.07) is 0.282. The van der Waals surface area contributed by atoms with Gasteiger partial charge in [-0.3, -0.25) is 0 Å². The molecule has 0 heterocycles. The van der Waals surface area contributed by atoms with E-state index < -0.39 is 10.0 Å². The molecule has 1 aliphatic carbocycles. The lowest BCUT2D eigenvalue weighted by molar-refractivity contribution is 0.327. The fraction of sp³-hybridized carbons (Fsp3) is 1.00. The van der Waals surface area contributed by atoms with Crippen molar-refractivity contribution in [1.82, 2.24) is 4.72 Å². The van der Waals surface area contributed by atoms with Gasteiger partial charge in [0.05, 0.1) is 6.26 Å². The maximum absolute atomic E-state index is 10.6. The minimum absolute atomic E-state index is 0.0880. The standard InChI is InChI=1S/C5H12N2O2S/c1-10(8,9)7-5-2-4(6)3-5/h4-5,7H,2-3,6H2,1H3. The first-order valence-electron chi connectivity index (χ1n) is 3.20. The molecule has 0 unspecified atom stereocenters. The maximum atomic E-state index is 10.6. The Morgan fingerprint density at radius 2 is 2.00 bits per heavy atom. The fourth-order valence-corrected chi connectivity index (χ4v) is 1.86. The van der Waals surface area contributed by atoms with Gasteiger partial charge in [0.15, 0.2) is 0 Å². The summed E-state index contributed by atoms with van der Waals surface area (Å²) in [5, 5.41) is 0. The molecule has 1 fully saturated rings. The van der Waals surface area contributed by atoms with Gasteiger partial charge in [-0.1, -0.05) is 0 Å². The van der Waals surface area contributed by atoms with Crippen LogP contribution in [0.1, 0.15) is 12.8 Å². The summed E-state index contributed by atoms with van der Waals surface area (Å²) in [7, 11) is -3.01. The molecule has 0 aromatic rings. The van der Waals surface area contributed by atoms with Crippen LogP contribution in [0.25, 0.3) is 0 Å². The summed E-state index contributed by atoms with van der Waals surface area (Å²) < 4.78 is 23.7. The zero-order chi connectivity index (χ0) is 7.78. The number of nitrogens with one attached hydrogen (secondary N) is 1. The molecular weight excluding hydrogens is 152 g/mol. The van der Waals surface area contributed by atoms with Crippen LogP contribution in [0.5, 0.6) is 0 Å². The van der Waals surface area contributed by atoms with Crippen LogP contribution in [-0.4, -0.2) is 26.8 Å². The molecule has 0 aromatic carbocycles. The molecule has 1 rings (SSSR count). The van der Waals surface area contributed by atoms with Crippen LogP contribution in [0.4, 0.5) is 0 Å². The molecule has 0 radical (unpaired) electrons. The first kappa shape index (κ1) is 7.97. The average Bonchev–Trinajstić information content (AvgIpc) is 1.57. The molecule has 0 amide bonds. The molecule has 1 aliphatic rings. The number of hydrogen-bond acceptors (Lipinski definition) is 3. The van der Waals surface area contributed by atoms with Crippen LogP contribution < -0.4 is 10.5 Å². The molecule has 0 saturated heterocycles. The second-order valence-corrected chi connectivity index (χ2v) is 4.60. The first-order chi connectivity index (χ1) is 4.47. The minimum atomic E-state index is -3.01. The maximum Gasteiger partial charge on any atom is 0.208 e. The second kappa shape index (κ2) is 2.48. The Hall–Kier alpha value is -0.130. The Kier molecular flexibility index (Phi) is 1.98. The van der Waals surface area contributed by atoms with Gasteiger partial charge in [0, 0.05) is 12.1 Å². The molecular formula is C5H12N2O2S. The molecule has 60 valence electrons. The lowest BCUT2D eigenvalue weighted by atomic mass is 9.89. The molecule has 4 nitrogen and oxygen atoms in total. The van der Waals surface area contributed by atoms with Crippen molar-refractivity contribution in [1.29, 1.82) is 0 Å². The fourth-order valence-electron chi connectivity index (χ4n) is 1.06. The Balaban J connectivity index is 2.30. The number of rotatable bonds is 2. The van der Waals surface area contributed by atoms with Gasteiger partial charge in [0.2, 0.25) is 10.0 Å². The summed E-state index contributed by atoms with van der Waals surface area (Å²) in [4.78, 5) is 0. The summed E-state index contributed by atoms with van der Waals surface area (Å²) in [5.74, 6) is 0. The van der Waals surface area contributed by atoms with E-state index in [4.69, 9.17) is 5.73 Å². The topological polar surface area (TPSA) is 72.2 Å². The Morgan fingerprint density at radius 3 is 2.30 bits per heavy atom. The van der Waals surface area contributed by atoms with Gasteiger partial charge in [-0.15, -0.1) is 0 Å². The van der Waals surface area contributed by atoms with Gasteiger partial charge < -0.3 is 5.73 Å². The zero-order valence-corrected chi connectivity index (χ0v) is 6.69. The quantitative estimate of drug-likeness (QED) is 0.551. The predicted molar refractivity (Wildman–Crippen MR) is 39.0 cm³/mol. The van der Waals surface area contributed by atoms with Crippen molar-refractivity contribution in [3.8, 4) is 0 Å². The van der Waals surface area contributed by atoms with Gasteiger partial charge in [-0.05, 0) is 12.8 Å². The van der Waals surface area contributed by atoms with E-state index in [2.05, 4.69) is 4.72 Å². The zero-order valence-electron chi connectivity index (χ0n) is 5.87. The number of hydrogen-bond donors (Lipinski definition) is 2. The highest BCUT2D eigenvalue weighted by Crippen LogP contribution is 2.17. The highest BCUT2D eigenvalue weighted by atomic mass is 32.2. The van der Waals surface area contributed by atoms with Crippen LogP contribution in [0, 0.1) is 0 Å². The van der Waals surface area contributed by atoms with Gasteiger partial charge >= 0.3 is 0 Å². The normalized spacial score (nSPS) is 33.4. The van der Waals surface area contributed by atoms with Crippen molar-refractivity contribution in [3.63, 3.8) is 0 Å². The summed E-state index contributed by atoms with van der Waals surface area (Å²) in [6.07, 6.45) is 2.71. The van der Waals surface area contributed by atoms with Gasteiger partial charge in [0.25, 0.3) is 0 Å². The first-order valence-corrected chi connectivity index (χ1v) is 5.09. The lowest BCUT2D eigenvalue weighted by Crippen LogP contribution is -2.49. The van der Waals surface area contributed by atoms with E-state index in [9.17, 15) is 8.42 Å². The van der Waals surface area contributed by atoms with Gasteiger partial charge in [-0.25, -0.2) is 13.1 Å². The van der Waals surface area contributed by atoms with E-state index >= 15 is 0 Å². The number of sulfonamides is 1. The Labute approximate surface area is 60.8 Å². The van der Waals surface area contributed by atoms with Crippen molar-refractivity contribution in [3.05, 3.63) is 0 Å². The lowest BCUT2D eigenvalue weighted by Gasteiger charge is -2.32. The van der Waals surface area contributed by atoms with Gasteiger partial charge in [0.1, 0.15) is 0 Å². The third kappa shape index (κ3) is 2.24. The highest BCUT2D eigenvalue weighted by molar-refractivity contribution is 7.88. The Morgan fingerprint density at radius 1 is 1.50 bits per heavy atom. The van der Waals surface area contributed by atoms with Crippen molar-refractivity contribution in [2.45, 2.75) is 24.9 Å². The third-order valence-corrected chi connectivity index (χ3v) is 2.32. The average molecular weight is 164 g/mol. The van der Waals surface area contributed by atoms with Gasteiger partial charge in [-0.2, -0.15) is 0 Å². The summed E-state index contributed by atoms with van der Waals surface area (Å²) in [6.45, 7) is 0. The van der Waals surface area contributed by atoms with E-state index in [0.717, 1.165) is 19.1 Å². The molecule has 10 heavy (non-hydrogen) atoms. The summed E-state index contributed by atoms with van der Waals surface area (Å²) in [5.41, 5.74) is 5.45. The van der Waals surface area contributed by atoms with Crippen LogP contribution in [0.15, 0.2) is 0 Å². The third-order valence-electron chi connectivity index (χ3n) is 1.56. The monoisotopic (exact) mass is 164 g/mol. The molecule has 0 bridgehead atoms. The number of nitrogens with two attached hydrogens (primary N) is 1. The molecule has 1 saturated carbocycles. The van der Waals surface area contributed by atoms with Crippen LogP contribution in [0.3, 0.4) is 0 Å². The molecule has 3 N–H and O–H groups in total. The van der Waals surface area contributed by atoms with Crippen molar-refractivity contribution in [2.24, 2.45) is 5.73 Å². The molecule has 0 atom stereocenters. The van der Waals surface area contributed by atoms with Crippen molar-refractivity contribution >= 4 is 10.0 Å². The smallest absolute Gasteiger partial charge is 0.208 e. The van der Waals surface area contributed by atoms with Crippen LogP contribution >= 0.6 is 0 Å². The Bertz CT molecular complexity index is 206. The SMILES string of the molecule is CS(=O)(=O)NC1CC(N)C1. The van der Waals surface area contributed by atoms with E-state index in [1.54, 1.807) is 0 Å². The van der Waals surface area contributed by atoms with Crippen LogP contribution in [-0.2, 0) is 10.0 Å². The van der Waals surface area contributed by atoms with E-state index in [1.165, 1.54) is 0 Å². The molecule has 0 spiro atoms. The molecule has 5 heteroatoms. The van der Waals surface area contributed by atoms with Crippen LogP contribution in [0.2, 0.25) is 0 Å². The summed E-state index contributed by atoms with van der Waals surface area (Å²) >= 11 is 0. The minimum Gasteiger partial charge on any atom is -0.328 e. The molecule has 0 aliphatic heterocycles. The van der Waals surface area contributed by atoms with E-state index in [-0.39, 0.29) is 12.1 Å². The highest BCUT2D eigenvalue weighted by Gasteiger charge is 2.27. The predicted octanol–water partition coefficient (Wildman–Crippen LogP) is -0.975. The molecule has 0 aromatic heterocycles. The second-order valence-electron chi connectivity index (χ2n) is 2.82.